The van der Waals surface area contributed by atoms with Gasteiger partial charge < -0.3 is 10.1 Å². The summed E-state index contributed by atoms with van der Waals surface area (Å²) < 4.78 is 45.3. The van der Waals surface area contributed by atoms with Crippen LogP contribution in [-0.4, -0.2) is 19.7 Å². The van der Waals surface area contributed by atoms with Crippen molar-refractivity contribution in [3.8, 4) is 5.75 Å². The lowest BCUT2D eigenvalue weighted by Gasteiger charge is -2.26. The van der Waals surface area contributed by atoms with E-state index in [2.05, 4.69) is 5.32 Å². The maximum Gasteiger partial charge on any atom is 0.416 e. The molecule has 0 radical (unpaired) electrons. The van der Waals surface area contributed by atoms with Crippen LogP contribution in [0.1, 0.15) is 49.7 Å². The molecule has 0 atom stereocenters. The SMILES string of the molecule is CCCCOc1ccc(C2CCNCC2)c(C(F)(F)F)c1.Cl. The highest BCUT2D eigenvalue weighted by molar-refractivity contribution is 5.85. The normalized spacial score (nSPS) is 16.2. The van der Waals surface area contributed by atoms with Gasteiger partial charge in [-0.15, -0.1) is 12.4 Å². The van der Waals surface area contributed by atoms with Crippen LogP contribution in [0.25, 0.3) is 0 Å². The first-order valence-corrected chi connectivity index (χ1v) is 7.57. The number of hydrogen-bond acceptors (Lipinski definition) is 2. The Balaban J connectivity index is 0.00000242. The van der Waals surface area contributed by atoms with Gasteiger partial charge in [-0.05, 0) is 56.0 Å². The summed E-state index contributed by atoms with van der Waals surface area (Å²) in [7, 11) is 0. The average Bonchev–Trinajstić information content (AvgIpc) is 2.47. The molecular weight excluding hydrogens is 315 g/mol. The Labute approximate surface area is 135 Å². The van der Waals surface area contributed by atoms with Crippen LogP contribution in [0, 0.1) is 0 Å². The standard InChI is InChI=1S/C16H22F3NO.ClH/c1-2-3-10-21-13-4-5-14(12-6-8-20-9-7-12)15(11-13)16(17,18)19;/h4-5,11-12,20H,2-3,6-10H2,1H3;1H. The fraction of sp³-hybridized carbons (Fsp3) is 0.625. The lowest BCUT2D eigenvalue weighted by Crippen LogP contribution is -2.27. The number of nitrogens with one attached hydrogen (secondary N) is 1. The topological polar surface area (TPSA) is 21.3 Å². The smallest absolute Gasteiger partial charge is 0.416 e. The van der Waals surface area contributed by atoms with Crippen molar-refractivity contribution in [3.05, 3.63) is 29.3 Å². The van der Waals surface area contributed by atoms with E-state index in [4.69, 9.17) is 4.74 Å². The van der Waals surface area contributed by atoms with E-state index in [0.717, 1.165) is 44.8 Å². The fourth-order valence-corrected chi connectivity index (χ4v) is 2.69. The first-order chi connectivity index (χ1) is 10.0. The molecule has 0 saturated carbocycles. The van der Waals surface area contributed by atoms with E-state index in [1.807, 2.05) is 6.92 Å². The van der Waals surface area contributed by atoms with Crippen LogP contribution in [-0.2, 0) is 6.18 Å². The number of piperidine rings is 1. The zero-order chi connectivity index (χ0) is 15.3. The first-order valence-electron chi connectivity index (χ1n) is 7.57. The van der Waals surface area contributed by atoms with E-state index in [1.165, 1.54) is 0 Å². The second-order valence-corrected chi connectivity index (χ2v) is 5.47. The fourth-order valence-electron chi connectivity index (χ4n) is 2.69. The lowest BCUT2D eigenvalue weighted by atomic mass is 9.87. The number of alkyl halides is 3. The minimum Gasteiger partial charge on any atom is -0.494 e. The van der Waals surface area contributed by atoms with Crippen LogP contribution in [0.4, 0.5) is 13.2 Å². The summed E-state index contributed by atoms with van der Waals surface area (Å²) in [5.74, 6) is 0.293. The van der Waals surface area contributed by atoms with Crippen molar-refractivity contribution in [1.29, 1.82) is 0 Å². The molecule has 1 aliphatic heterocycles. The van der Waals surface area contributed by atoms with E-state index in [0.29, 0.717) is 17.9 Å². The molecule has 1 aromatic carbocycles. The summed E-state index contributed by atoms with van der Waals surface area (Å²) in [4.78, 5) is 0. The van der Waals surface area contributed by atoms with Crippen molar-refractivity contribution in [2.75, 3.05) is 19.7 Å². The molecule has 1 aliphatic rings. The number of halogens is 4. The highest BCUT2D eigenvalue weighted by atomic mass is 35.5. The monoisotopic (exact) mass is 337 g/mol. The van der Waals surface area contributed by atoms with E-state index < -0.39 is 11.7 Å². The van der Waals surface area contributed by atoms with Crippen molar-refractivity contribution >= 4 is 12.4 Å². The molecule has 0 bridgehead atoms. The molecule has 1 saturated heterocycles. The molecule has 1 heterocycles. The van der Waals surface area contributed by atoms with Gasteiger partial charge in [0.05, 0.1) is 12.2 Å². The Bertz CT molecular complexity index is 459. The zero-order valence-electron chi connectivity index (χ0n) is 12.7. The van der Waals surface area contributed by atoms with Gasteiger partial charge in [-0.2, -0.15) is 13.2 Å². The molecule has 1 aromatic rings. The molecule has 0 unspecified atom stereocenters. The Morgan fingerprint density at radius 2 is 1.91 bits per heavy atom. The van der Waals surface area contributed by atoms with Crippen LogP contribution in [0.3, 0.4) is 0 Å². The molecule has 0 spiro atoms. The third kappa shape index (κ3) is 5.06. The quantitative estimate of drug-likeness (QED) is 0.781. The van der Waals surface area contributed by atoms with E-state index in [-0.39, 0.29) is 18.3 Å². The second-order valence-electron chi connectivity index (χ2n) is 5.47. The lowest BCUT2D eigenvalue weighted by molar-refractivity contribution is -0.138. The number of benzene rings is 1. The second kappa shape index (κ2) is 8.63. The van der Waals surface area contributed by atoms with Gasteiger partial charge in [0.2, 0.25) is 0 Å². The summed E-state index contributed by atoms with van der Waals surface area (Å²) in [6, 6.07) is 4.43. The van der Waals surface area contributed by atoms with E-state index in [1.54, 1.807) is 12.1 Å². The Kier molecular flexibility index (Phi) is 7.49. The molecule has 2 rings (SSSR count). The highest BCUT2D eigenvalue weighted by Crippen LogP contribution is 2.39. The molecule has 2 nitrogen and oxygen atoms in total. The van der Waals surface area contributed by atoms with Gasteiger partial charge in [-0.3, -0.25) is 0 Å². The minimum absolute atomic E-state index is 0. The van der Waals surface area contributed by atoms with Crippen LogP contribution in [0.2, 0.25) is 0 Å². The number of hydrogen-bond donors (Lipinski definition) is 1. The highest BCUT2D eigenvalue weighted by Gasteiger charge is 2.36. The largest absolute Gasteiger partial charge is 0.494 e. The van der Waals surface area contributed by atoms with E-state index >= 15 is 0 Å². The van der Waals surface area contributed by atoms with Gasteiger partial charge in [0, 0.05) is 0 Å². The van der Waals surface area contributed by atoms with Crippen molar-refractivity contribution in [2.45, 2.75) is 44.7 Å². The van der Waals surface area contributed by atoms with Crippen molar-refractivity contribution < 1.29 is 17.9 Å². The number of unbranched alkanes of at least 4 members (excludes halogenated alkanes) is 1. The molecule has 22 heavy (non-hydrogen) atoms. The first kappa shape index (κ1) is 19.1. The van der Waals surface area contributed by atoms with Gasteiger partial charge in [-0.25, -0.2) is 0 Å². The van der Waals surface area contributed by atoms with Crippen LogP contribution in [0.5, 0.6) is 5.75 Å². The average molecular weight is 338 g/mol. The number of rotatable bonds is 5. The van der Waals surface area contributed by atoms with Crippen molar-refractivity contribution in [3.63, 3.8) is 0 Å². The van der Waals surface area contributed by atoms with Gasteiger partial charge in [-0.1, -0.05) is 19.4 Å². The molecular formula is C16H23ClF3NO. The van der Waals surface area contributed by atoms with Gasteiger partial charge in [0.25, 0.3) is 0 Å². The third-order valence-corrected chi connectivity index (χ3v) is 3.88. The molecule has 1 fully saturated rings. The molecule has 6 heteroatoms. The number of ether oxygens (including phenoxy) is 1. The minimum atomic E-state index is -4.33. The molecule has 126 valence electrons. The summed E-state index contributed by atoms with van der Waals surface area (Å²) in [5, 5.41) is 3.18. The zero-order valence-corrected chi connectivity index (χ0v) is 13.5. The molecule has 0 aromatic heterocycles. The predicted octanol–water partition coefficient (Wildman–Crippen LogP) is 4.77. The summed E-state index contributed by atoms with van der Waals surface area (Å²) >= 11 is 0. The third-order valence-electron chi connectivity index (χ3n) is 3.88. The summed E-state index contributed by atoms with van der Waals surface area (Å²) in [5.41, 5.74) is -0.129. The predicted molar refractivity (Wildman–Crippen MR) is 83.9 cm³/mol. The maximum atomic E-state index is 13.3. The van der Waals surface area contributed by atoms with Gasteiger partial charge >= 0.3 is 6.18 Å². The van der Waals surface area contributed by atoms with Crippen LogP contribution < -0.4 is 10.1 Å². The Morgan fingerprint density at radius 3 is 2.50 bits per heavy atom. The molecule has 0 aliphatic carbocycles. The molecule has 1 N–H and O–H groups in total. The van der Waals surface area contributed by atoms with Gasteiger partial charge in [0.15, 0.2) is 0 Å². The molecule has 0 amide bonds. The maximum absolute atomic E-state index is 13.3. The van der Waals surface area contributed by atoms with Crippen LogP contribution in [0.15, 0.2) is 18.2 Å². The Morgan fingerprint density at radius 1 is 1.23 bits per heavy atom. The van der Waals surface area contributed by atoms with Gasteiger partial charge in [0.1, 0.15) is 5.75 Å². The van der Waals surface area contributed by atoms with E-state index in [9.17, 15) is 13.2 Å². The van der Waals surface area contributed by atoms with Crippen LogP contribution >= 0.6 is 12.4 Å². The Hall–Kier alpha value is -0.940. The van der Waals surface area contributed by atoms with Crippen molar-refractivity contribution in [2.24, 2.45) is 0 Å². The van der Waals surface area contributed by atoms with Crippen molar-refractivity contribution in [1.82, 2.24) is 5.32 Å². The summed E-state index contributed by atoms with van der Waals surface area (Å²) in [6.07, 6.45) is -1.03. The summed E-state index contributed by atoms with van der Waals surface area (Å²) in [6.45, 7) is 4.03.